The van der Waals surface area contributed by atoms with Crippen LogP contribution in [0.5, 0.6) is 0 Å². The van der Waals surface area contributed by atoms with Gasteiger partial charge in [0.1, 0.15) is 5.69 Å². The Bertz CT molecular complexity index is 904. The van der Waals surface area contributed by atoms with Crippen LogP contribution in [0.4, 0.5) is 17.6 Å². The van der Waals surface area contributed by atoms with Crippen molar-refractivity contribution in [3.05, 3.63) is 50.9 Å². The number of alkyl halides is 3. The van der Waals surface area contributed by atoms with Gasteiger partial charge in [-0.3, -0.25) is 0 Å². The van der Waals surface area contributed by atoms with Crippen LogP contribution in [-0.2, 0) is 10.9 Å². The molecule has 3 nitrogen and oxygen atoms in total. The van der Waals surface area contributed by atoms with Crippen LogP contribution in [-0.4, -0.2) is 18.1 Å². The highest BCUT2D eigenvalue weighted by Crippen LogP contribution is 2.38. The molecule has 0 unspecified atom stereocenters. The molecule has 2 aromatic rings. The van der Waals surface area contributed by atoms with Gasteiger partial charge in [0.15, 0.2) is 11.5 Å². The third-order valence-electron chi connectivity index (χ3n) is 3.13. The summed E-state index contributed by atoms with van der Waals surface area (Å²) in [5, 5.41) is -0.774. The van der Waals surface area contributed by atoms with Crippen LogP contribution < -0.4 is 0 Å². The Morgan fingerprint density at radius 2 is 1.88 bits per heavy atom. The van der Waals surface area contributed by atoms with E-state index in [4.69, 9.17) is 29.6 Å². The zero-order valence-electron chi connectivity index (χ0n) is 12.3. The summed E-state index contributed by atoms with van der Waals surface area (Å²) in [6.45, 7) is 0. The molecule has 0 aliphatic carbocycles. The fourth-order valence-corrected chi connectivity index (χ4v) is 2.47. The highest BCUT2D eigenvalue weighted by Gasteiger charge is 2.34. The molecule has 0 spiro atoms. The second-order valence-corrected chi connectivity index (χ2v) is 5.47. The first-order chi connectivity index (χ1) is 11.6. The van der Waals surface area contributed by atoms with Gasteiger partial charge in [-0.1, -0.05) is 29.1 Å². The lowest BCUT2D eigenvalue weighted by Crippen LogP contribution is -2.10. The number of halogens is 6. The number of rotatable bonds is 2. The molecule has 0 fully saturated rings. The van der Waals surface area contributed by atoms with Gasteiger partial charge in [-0.15, -0.1) is 6.42 Å². The standard InChI is InChI=1S/C16H7Cl2F4NO2/c1-3-7-4-8(10(17)5-9(7)16(20,21)22)13-12(19)6-11(18)14(23-13)15(24)25-2/h1,4-6H,2H3. The van der Waals surface area contributed by atoms with Gasteiger partial charge in [0.05, 0.1) is 22.7 Å². The Hall–Kier alpha value is -2.30. The number of nitrogens with zero attached hydrogens (tertiary/aromatic N) is 1. The fourth-order valence-electron chi connectivity index (χ4n) is 2.00. The summed E-state index contributed by atoms with van der Waals surface area (Å²) >= 11 is 11.6. The van der Waals surface area contributed by atoms with Crippen molar-refractivity contribution in [3.8, 4) is 23.6 Å². The number of terminal acetylenes is 1. The fraction of sp³-hybridized carbons (Fsp3) is 0.125. The summed E-state index contributed by atoms with van der Waals surface area (Å²) in [5.74, 6) is -0.0779. The number of ether oxygens (including phenoxy) is 1. The van der Waals surface area contributed by atoms with E-state index in [2.05, 4.69) is 9.72 Å². The smallest absolute Gasteiger partial charge is 0.417 e. The Labute approximate surface area is 149 Å². The van der Waals surface area contributed by atoms with Gasteiger partial charge in [0.2, 0.25) is 0 Å². The molecule has 0 bridgehead atoms. The van der Waals surface area contributed by atoms with E-state index < -0.39 is 45.5 Å². The summed E-state index contributed by atoms with van der Waals surface area (Å²) in [6.07, 6.45) is 0.361. The van der Waals surface area contributed by atoms with Crippen LogP contribution in [0.25, 0.3) is 11.3 Å². The molecule has 1 aromatic carbocycles. The molecular weight excluding hydrogens is 385 g/mol. The Morgan fingerprint density at radius 1 is 1.24 bits per heavy atom. The Balaban J connectivity index is 2.75. The van der Waals surface area contributed by atoms with Crippen molar-refractivity contribution in [3.63, 3.8) is 0 Å². The quantitative estimate of drug-likeness (QED) is 0.411. The lowest BCUT2D eigenvalue weighted by Gasteiger charge is -2.14. The number of aromatic nitrogens is 1. The van der Waals surface area contributed by atoms with Crippen molar-refractivity contribution in [2.24, 2.45) is 0 Å². The van der Waals surface area contributed by atoms with Crippen molar-refractivity contribution in [1.29, 1.82) is 0 Å². The zero-order valence-corrected chi connectivity index (χ0v) is 13.9. The molecule has 0 saturated heterocycles. The lowest BCUT2D eigenvalue weighted by molar-refractivity contribution is -0.137. The predicted octanol–water partition coefficient (Wildman–Crippen LogP) is 4.98. The first-order valence-electron chi connectivity index (χ1n) is 6.42. The van der Waals surface area contributed by atoms with Crippen molar-refractivity contribution in [1.82, 2.24) is 4.98 Å². The summed E-state index contributed by atoms with van der Waals surface area (Å²) in [4.78, 5) is 15.3. The number of hydrogen-bond acceptors (Lipinski definition) is 3. The topological polar surface area (TPSA) is 39.2 Å². The molecule has 9 heteroatoms. The van der Waals surface area contributed by atoms with E-state index in [1.807, 2.05) is 5.92 Å². The average Bonchev–Trinajstić information content (AvgIpc) is 2.53. The second kappa shape index (κ2) is 6.90. The molecule has 0 aliphatic rings. The number of carbonyl (C=O) groups excluding carboxylic acids is 1. The number of methoxy groups -OCH3 is 1. The van der Waals surface area contributed by atoms with Crippen LogP contribution in [0.1, 0.15) is 21.6 Å². The number of pyridine rings is 1. The summed E-state index contributed by atoms with van der Waals surface area (Å²) in [5.41, 5.74) is -2.82. The van der Waals surface area contributed by atoms with Gasteiger partial charge in [0, 0.05) is 11.1 Å². The molecular formula is C16H7Cl2F4NO2. The molecule has 1 heterocycles. The largest absolute Gasteiger partial charge is 0.464 e. The third kappa shape index (κ3) is 3.70. The minimum atomic E-state index is -4.74. The minimum absolute atomic E-state index is 0.220. The molecule has 0 amide bonds. The highest BCUT2D eigenvalue weighted by molar-refractivity contribution is 6.34. The summed E-state index contributed by atoms with van der Waals surface area (Å²) in [6, 6.07) is 2.21. The first-order valence-corrected chi connectivity index (χ1v) is 7.17. The van der Waals surface area contributed by atoms with Gasteiger partial charge in [-0.05, 0) is 18.2 Å². The predicted molar refractivity (Wildman–Crippen MR) is 83.9 cm³/mol. The van der Waals surface area contributed by atoms with E-state index in [1.54, 1.807) is 0 Å². The molecule has 1 aromatic heterocycles. The van der Waals surface area contributed by atoms with E-state index in [0.29, 0.717) is 6.07 Å². The van der Waals surface area contributed by atoms with Gasteiger partial charge >= 0.3 is 12.1 Å². The van der Waals surface area contributed by atoms with Gasteiger partial charge in [-0.25, -0.2) is 14.2 Å². The average molecular weight is 392 g/mol. The maximum atomic E-state index is 14.2. The van der Waals surface area contributed by atoms with Crippen molar-refractivity contribution in [2.75, 3.05) is 7.11 Å². The molecule has 0 aliphatic heterocycles. The number of carbonyl (C=O) groups is 1. The first kappa shape index (κ1) is 19.0. The van der Waals surface area contributed by atoms with Crippen LogP contribution >= 0.6 is 23.2 Å². The number of esters is 1. The molecule has 2 rings (SSSR count). The molecule has 130 valence electrons. The van der Waals surface area contributed by atoms with Gasteiger partial charge in [-0.2, -0.15) is 13.2 Å². The van der Waals surface area contributed by atoms with Crippen LogP contribution in [0.2, 0.25) is 10.0 Å². The number of hydrogen-bond donors (Lipinski definition) is 0. The van der Waals surface area contributed by atoms with E-state index in [0.717, 1.165) is 19.2 Å². The lowest BCUT2D eigenvalue weighted by atomic mass is 10.0. The number of benzene rings is 1. The molecule has 0 radical (unpaired) electrons. The van der Waals surface area contributed by atoms with Crippen molar-refractivity contribution >= 4 is 29.2 Å². The molecule has 0 N–H and O–H groups in total. The second-order valence-electron chi connectivity index (χ2n) is 4.66. The molecule has 0 atom stereocenters. The van der Waals surface area contributed by atoms with E-state index in [1.165, 1.54) is 0 Å². The minimum Gasteiger partial charge on any atom is -0.464 e. The van der Waals surface area contributed by atoms with Gasteiger partial charge in [0.25, 0.3) is 0 Å². The summed E-state index contributed by atoms with van der Waals surface area (Å²) < 4.78 is 57.6. The Kier molecular flexibility index (Phi) is 5.26. The monoisotopic (exact) mass is 391 g/mol. The zero-order chi connectivity index (χ0) is 18.9. The van der Waals surface area contributed by atoms with Crippen LogP contribution in [0.15, 0.2) is 18.2 Å². The highest BCUT2D eigenvalue weighted by atomic mass is 35.5. The maximum absolute atomic E-state index is 14.2. The maximum Gasteiger partial charge on any atom is 0.417 e. The van der Waals surface area contributed by atoms with Gasteiger partial charge < -0.3 is 4.74 Å². The van der Waals surface area contributed by atoms with Crippen LogP contribution in [0, 0.1) is 18.2 Å². The van der Waals surface area contributed by atoms with E-state index in [9.17, 15) is 22.4 Å². The van der Waals surface area contributed by atoms with Crippen molar-refractivity contribution < 1.29 is 27.1 Å². The van der Waals surface area contributed by atoms with E-state index in [-0.39, 0.29) is 10.6 Å². The third-order valence-corrected chi connectivity index (χ3v) is 3.73. The summed E-state index contributed by atoms with van der Waals surface area (Å²) in [7, 11) is 1.06. The molecule has 25 heavy (non-hydrogen) atoms. The van der Waals surface area contributed by atoms with Crippen molar-refractivity contribution in [2.45, 2.75) is 6.18 Å². The van der Waals surface area contributed by atoms with Crippen LogP contribution in [0.3, 0.4) is 0 Å². The SMILES string of the molecule is C#Cc1cc(-c2nc(C(=O)OC)c(Cl)cc2F)c(Cl)cc1C(F)(F)F. The molecule has 0 saturated carbocycles. The Morgan fingerprint density at radius 3 is 2.40 bits per heavy atom. The van der Waals surface area contributed by atoms with E-state index >= 15 is 0 Å². The normalized spacial score (nSPS) is 11.1.